The Morgan fingerprint density at radius 2 is 1.85 bits per heavy atom. The fourth-order valence-electron chi connectivity index (χ4n) is 2.35. The molecule has 102 valence electrons. The van der Waals surface area contributed by atoms with E-state index in [1.807, 2.05) is 6.20 Å². The smallest absolute Gasteiger partial charge is 0.0696 e. The summed E-state index contributed by atoms with van der Waals surface area (Å²) in [7, 11) is 0. The molecule has 0 saturated heterocycles. The number of benzene rings is 2. The van der Waals surface area contributed by atoms with Crippen LogP contribution in [-0.4, -0.2) is 9.78 Å². The second kappa shape index (κ2) is 5.56. The molecule has 0 fully saturated rings. The van der Waals surface area contributed by atoms with E-state index < -0.39 is 0 Å². The van der Waals surface area contributed by atoms with E-state index in [2.05, 4.69) is 88.7 Å². The van der Waals surface area contributed by atoms with Crippen molar-refractivity contribution in [1.82, 2.24) is 9.78 Å². The molecule has 0 aliphatic carbocycles. The number of rotatable bonds is 3. The van der Waals surface area contributed by atoms with Crippen LogP contribution in [0.5, 0.6) is 0 Å². The Morgan fingerprint density at radius 1 is 1.10 bits per heavy atom. The Morgan fingerprint density at radius 3 is 2.55 bits per heavy atom. The van der Waals surface area contributed by atoms with E-state index in [4.69, 9.17) is 0 Å². The van der Waals surface area contributed by atoms with Crippen LogP contribution in [-0.2, 0) is 6.54 Å². The zero-order chi connectivity index (χ0) is 14.1. The highest BCUT2D eigenvalue weighted by atomic mass is 127. The summed E-state index contributed by atoms with van der Waals surface area (Å²) in [5, 5.41) is 5.70. The average molecular weight is 376 g/mol. The molecule has 0 spiro atoms. The first-order chi connectivity index (χ1) is 9.63. The number of aromatic nitrogens is 2. The van der Waals surface area contributed by atoms with Crippen molar-refractivity contribution >= 4 is 33.5 Å². The molecule has 1 aromatic heterocycles. The van der Waals surface area contributed by atoms with Gasteiger partial charge < -0.3 is 0 Å². The van der Waals surface area contributed by atoms with Gasteiger partial charge in [-0.25, -0.2) is 0 Å². The van der Waals surface area contributed by atoms with E-state index >= 15 is 0 Å². The minimum atomic E-state index is 0.580. The van der Waals surface area contributed by atoms with Crippen LogP contribution in [0.3, 0.4) is 0 Å². The lowest BCUT2D eigenvalue weighted by molar-refractivity contribution is 0.711. The van der Waals surface area contributed by atoms with Crippen molar-refractivity contribution in [2.75, 3.05) is 0 Å². The van der Waals surface area contributed by atoms with E-state index in [9.17, 15) is 0 Å². The lowest BCUT2D eigenvalue weighted by Gasteiger charge is -2.08. The first kappa shape index (κ1) is 13.6. The minimum absolute atomic E-state index is 0.580. The minimum Gasteiger partial charge on any atom is -0.260 e. The molecule has 0 N–H and O–H groups in total. The van der Waals surface area contributed by atoms with Crippen LogP contribution >= 0.6 is 22.6 Å². The maximum atomic E-state index is 4.50. The molecular formula is C17H17IN2. The van der Waals surface area contributed by atoms with Crippen molar-refractivity contribution in [2.24, 2.45) is 0 Å². The third-order valence-electron chi connectivity index (χ3n) is 3.59. The molecule has 0 aliphatic heterocycles. The summed E-state index contributed by atoms with van der Waals surface area (Å²) in [4.78, 5) is 0. The Kier molecular flexibility index (Phi) is 3.78. The molecule has 0 aliphatic rings. The molecule has 2 aromatic carbocycles. The first-order valence-electron chi connectivity index (χ1n) is 6.83. The quantitative estimate of drug-likeness (QED) is 0.600. The van der Waals surface area contributed by atoms with Gasteiger partial charge in [0.15, 0.2) is 0 Å². The SMILES string of the molecule is CC(C)c1ccc(Cn2ncc3ccc(I)cc32)cc1. The monoisotopic (exact) mass is 376 g/mol. The van der Waals surface area contributed by atoms with Gasteiger partial charge >= 0.3 is 0 Å². The van der Waals surface area contributed by atoms with E-state index in [0.29, 0.717) is 5.92 Å². The molecule has 20 heavy (non-hydrogen) atoms. The highest BCUT2D eigenvalue weighted by molar-refractivity contribution is 14.1. The molecule has 0 saturated carbocycles. The van der Waals surface area contributed by atoms with Gasteiger partial charge in [-0.1, -0.05) is 44.2 Å². The second-order valence-electron chi connectivity index (χ2n) is 5.40. The number of hydrogen-bond donors (Lipinski definition) is 0. The average Bonchev–Trinajstić information content (AvgIpc) is 2.82. The van der Waals surface area contributed by atoms with Gasteiger partial charge in [0, 0.05) is 8.96 Å². The van der Waals surface area contributed by atoms with Gasteiger partial charge in [0.25, 0.3) is 0 Å². The molecule has 3 heteroatoms. The molecule has 3 aromatic rings. The molecule has 0 bridgehead atoms. The molecule has 0 amide bonds. The maximum Gasteiger partial charge on any atom is 0.0696 e. The van der Waals surface area contributed by atoms with Crippen LogP contribution in [0.1, 0.15) is 30.9 Å². The molecule has 3 rings (SSSR count). The highest BCUT2D eigenvalue weighted by Crippen LogP contribution is 2.19. The third-order valence-corrected chi connectivity index (χ3v) is 4.26. The lowest BCUT2D eigenvalue weighted by atomic mass is 10.0. The summed E-state index contributed by atoms with van der Waals surface area (Å²) < 4.78 is 3.31. The van der Waals surface area contributed by atoms with Crippen LogP contribution < -0.4 is 0 Å². The van der Waals surface area contributed by atoms with E-state index in [1.165, 1.54) is 25.6 Å². The Labute approximate surface area is 132 Å². The van der Waals surface area contributed by atoms with Crippen LogP contribution in [0, 0.1) is 3.57 Å². The summed E-state index contributed by atoms with van der Waals surface area (Å²) in [5.74, 6) is 0.580. The van der Waals surface area contributed by atoms with Crippen LogP contribution in [0.15, 0.2) is 48.7 Å². The number of nitrogens with zero attached hydrogens (tertiary/aromatic N) is 2. The number of fused-ring (bicyclic) bond motifs is 1. The zero-order valence-electron chi connectivity index (χ0n) is 11.7. The number of hydrogen-bond acceptors (Lipinski definition) is 1. The predicted octanol–water partition coefficient (Wildman–Crippen LogP) is 4.81. The Balaban J connectivity index is 1.91. The summed E-state index contributed by atoms with van der Waals surface area (Å²) in [6.07, 6.45) is 1.94. The summed E-state index contributed by atoms with van der Waals surface area (Å²) in [6.45, 7) is 5.26. The van der Waals surface area contributed by atoms with Crippen LogP contribution in [0.2, 0.25) is 0 Å². The topological polar surface area (TPSA) is 17.8 Å². The molecule has 0 radical (unpaired) electrons. The summed E-state index contributed by atoms with van der Waals surface area (Å²) in [6, 6.07) is 15.3. The van der Waals surface area contributed by atoms with Gasteiger partial charge in [0.05, 0.1) is 18.3 Å². The molecular weight excluding hydrogens is 359 g/mol. The molecule has 0 unspecified atom stereocenters. The van der Waals surface area contributed by atoms with Crippen molar-refractivity contribution in [3.05, 3.63) is 63.4 Å². The van der Waals surface area contributed by atoms with Crippen molar-refractivity contribution in [2.45, 2.75) is 26.3 Å². The zero-order valence-corrected chi connectivity index (χ0v) is 13.8. The summed E-state index contributed by atoms with van der Waals surface area (Å²) >= 11 is 2.34. The number of halogens is 1. The fraction of sp³-hybridized carbons (Fsp3) is 0.235. The maximum absolute atomic E-state index is 4.50. The van der Waals surface area contributed by atoms with E-state index in [-0.39, 0.29) is 0 Å². The molecule has 2 nitrogen and oxygen atoms in total. The van der Waals surface area contributed by atoms with Crippen LogP contribution in [0.25, 0.3) is 10.9 Å². The largest absolute Gasteiger partial charge is 0.260 e. The second-order valence-corrected chi connectivity index (χ2v) is 6.65. The first-order valence-corrected chi connectivity index (χ1v) is 7.91. The third kappa shape index (κ3) is 2.73. The van der Waals surface area contributed by atoms with Crippen molar-refractivity contribution in [3.8, 4) is 0 Å². The van der Waals surface area contributed by atoms with Gasteiger partial charge in [-0.3, -0.25) is 4.68 Å². The summed E-state index contributed by atoms with van der Waals surface area (Å²) in [5.41, 5.74) is 3.87. The van der Waals surface area contributed by atoms with Gasteiger partial charge in [-0.2, -0.15) is 5.10 Å². The van der Waals surface area contributed by atoms with Gasteiger partial charge in [-0.05, 0) is 51.8 Å². The fourth-order valence-corrected chi connectivity index (χ4v) is 2.83. The normalized spacial score (nSPS) is 11.4. The van der Waals surface area contributed by atoms with E-state index in [1.54, 1.807) is 0 Å². The standard InChI is InChI=1S/C17H17IN2/c1-12(2)14-5-3-13(4-6-14)11-20-17-9-16(18)8-7-15(17)10-19-20/h3-10,12H,11H2,1-2H3. The highest BCUT2D eigenvalue weighted by Gasteiger charge is 2.05. The Bertz CT molecular complexity index is 726. The van der Waals surface area contributed by atoms with Gasteiger partial charge in [0.2, 0.25) is 0 Å². The lowest BCUT2D eigenvalue weighted by Crippen LogP contribution is -2.01. The molecule has 0 atom stereocenters. The van der Waals surface area contributed by atoms with Crippen molar-refractivity contribution in [1.29, 1.82) is 0 Å². The predicted molar refractivity (Wildman–Crippen MR) is 92.1 cm³/mol. The van der Waals surface area contributed by atoms with Crippen molar-refractivity contribution < 1.29 is 0 Å². The Hall–Kier alpha value is -1.36. The van der Waals surface area contributed by atoms with Crippen molar-refractivity contribution in [3.63, 3.8) is 0 Å². The molecule has 1 heterocycles. The van der Waals surface area contributed by atoms with Crippen LogP contribution in [0.4, 0.5) is 0 Å². The van der Waals surface area contributed by atoms with E-state index in [0.717, 1.165) is 6.54 Å². The van der Waals surface area contributed by atoms with Gasteiger partial charge in [-0.15, -0.1) is 0 Å². The van der Waals surface area contributed by atoms with Gasteiger partial charge in [0.1, 0.15) is 0 Å².